The third kappa shape index (κ3) is 4.88. The molecule has 2 aliphatic heterocycles. The molecule has 5 heteroatoms. The number of carbonyl (C=O) groups excluding carboxylic acids is 2. The fourth-order valence-corrected chi connectivity index (χ4v) is 5.87. The van der Waals surface area contributed by atoms with Gasteiger partial charge in [-0.05, 0) is 87.0 Å². The number of benzene rings is 1. The summed E-state index contributed by atoms with van der Waals surface area (Å²) in [5, 5.41) is 3.30. The first-order valence-corrected chi connectivity index (χ1v) is 12.6. The quantitative estimate of drug-likeness (QED) is 0.723. The van der Waals surface area contributed by atoms with E-state index in [0.717, 1.165) is 32.4 Å². The Morgan fingerprint density at radius 2 is 1.91 bits per heavy atom. The Hall–Kier alpha value is -1.88. The van der Waals surface area contributed by atoms with Gasteiger partial charge in [0.2, 0.25) is 11.8 Å². The fourth-order valence-electron chi connectivity index (χ4n) is 5.87. The van der Waals surface area contributed by atoms with Crippen LogP contribution in [0.4, 0.5) is 0 Å². The highest BCUT2D eigenvalue weighted by molar-refractivity contribution is 5.88. The van der Waals surface area contributed by atoms with Gasteiger partial charge in [-0.15, -0.1) is 0 Å². The summed E-state index contributed by atoms with van der Waals surface area (Å²) in [7, 11) is 0. The van der Waals surface area contributed by atoms with E-state index in [0.29, 0.717) is 18.4 Å². The lowest BCUT2D eigenvalue weighted by Gasteiger charge is -2.47. The predicted octanol–water partition coefficient (Wildman–Crippen LogP) is 4.66. The highest BCUT2D eigenvalue weighted by Gasteiger charge is 2.42. The molecule has 2 heterocycles. The minimum atomic E-state index is -0.390. The molecular weight excluding hydrogens is 398 g/mol. The molecule has 4 rings (SSSR count). The number of fused-ring (bicyclic) bond motifs is 2. The van der Waals surface area contributed by atoms with Crippen molar-refractivity contribution >= 4 is 11.8 Å². The molecule has 1 spiro atoms. The molecule has 0 unspecified atom stereocenters. The standard InChI is InChI=1S/C27H41N3O2.H2/c1-20(30-16-7-10-24(30)31)25(32)28-23-11-12-27(22-9-6-5-8-21(22)23)14-18-29(19-15-27)17-13-26(2,3)4;/h5-6,8-9,20,23H,7,10-19H2,1-4H3,(H,28,32);1H/t20-,23-;/m0./s1. The number of carbonyl (C=O) groups is 2. The molecule has 0 saturated carbocycles. The minimum absolute atomic E-state index is 0. The maximum Gasteiger partial charge on any atom is 0.242 e. The molecule has 0 radical (unpaired) electrons. The van der Waals surface area contributed by atoms with E-state index in [1.807, 2.05) is 6.92 Å². The van der Waals surface area contributed by atoms with Gasteiger partial charge in [-0.3, -0.25) is 9.59 Å². The molecule has 1 aromatic rings. The highest BCUT2D eigenvalue weighted by Crippen LogP contribution is 2.48. The molecule has 3 aliphatic rings. The Morgan fingerprint density at radius 3 is 2.56 bits per heavy atom. The summed E-state index contributed by atoms with van der Waals surface area (Å²) in [6.45, 7) is 13.0. The average molecular weight is 442 g/mol. The molecule has 178 valence electrons. The monoisotopic (exact) mass is 441 g/mol. The summed E-state index contributed by atoms with van der Waals surface area (Å²) < 4.78 is 0. The molecule has 0 bridgehead atoms. The molecule has 1 aromatic carbocycles. The number of amides is 2. The minimum Gasteiger partial charge on any atom is -0.348 e. The van der Waals surface area contributed by atoms with E-state index in [1.165, 1.54) is 36.9 Å². The van der Waals surface area contributed by atoms with Gasteiger partial charge in [-0.1, -0.05) is 45.0 Å². The Bertz CT molecular complexity index is 842. The van der Waals surface area contributed by atoms with E-state index in [-0.39, 0.29) is 30.7 Å². The van der Waals surface area contributed by atoms with Crippen LogP contribution in [-0.4, -0.2) is 53.8 Å². The fraction of sp³-hybridized carbons (Fsp3) is 0.704. The molecule has 2 saturated heterocycles. The summed E-state index contributed by atoms with van der Waals surface area (Å²) in [6, 6.07) is 8.41. The van der Waals surface area contributed by atoms with Gasteiger partial charge in [0.15, 0.2) is 0 Å². The molecular formula is C27H43N3O2. The van der Waals surface area contributed by atoms with Gasteiger partial charge < -0.3 is 15.1 Å². The van der Waals surface area contributed by atoms with E-state index in [9.17, 15) is 9.59 Å². The van der Waals surface area contributed by atoms with Gasteiger partial charge in [0, 0.05) is 14.4 Å². The van der Waals surface area contributed by atoms with Crippen molar-refractivity contribution < 1.29 is 11.0 Å². The third-order valence-corrected chi connectivity index (χ3v) is 8.08. The smallest absolute Gasteiger partial charge is 0.242 e. The van der Waals surface area contributed by atoms with Crippen LogP contribution in [0.2, 0.25) is 0 Å². The van der Waals surface area contributed by atoms with Crippen molar-refractivity contribution in [2.75, 3.05) is 26.2 Å². The number of likely N-dealkylation sites (tertiary alicyclic amines) is 2. The van der Waals surface area contributed by atoms with E-state index in [2.05, 4.69) is 55.3 Å². The zero-order valence-electron chi connectivity index (χ0n) is 20.5. The lowest BCUT2D eigenvalue weighted by molar-refractivity contribution is -0.137. The van der Waals surface area contributed by atoms with Gasteiger partial charge in [0.05, 0.1) is 6.04 Å². The first kappa shape index (κ1) is 23.3. The van der Waals surface area contributed by atoms with Crippen molar-refractivity contribution in [3.05, 3.63) is 35.4 Å². The zero-order chi connectivity index (χ0) is 22.9. The third-order valence-electron chi connectivity index (χ3n) is 8.08. The SMILES string of the molecule is C[C@@H](C(=O)N[C@H]1CCC2(CCN(CCC(C)(C)C)CC2)c2ccccc21)N1CCCC1=O.[HH]. The van der Waals surface area contributed by atoms with Crippen LogP contribution in [0.1, 0.15) is 91.2 Å². The maximum absolute atomic E-state index is 13.0. The average Bonchev–Trinajstić information content (AvgIpc) is 3.20. The van der Waals surface area contributed by atoms with Crippen molar-refractivity contribution in [2.45, 2.75) is 90.1 Å². The molecule has 1 N–H and O–H groups in total. The van der Waals surface area contributed by atoms with Gasteiger partial charge in [0.1, 0.15) is 6.04 Å². The van der Waals surface area contributed by atoms with Crippen molar-refractivity contribution in [3.8, 4) is 0 Å². The number of hydrogen-bond acceptors (Lipinski definition) is 3. The van der Waals surface area contributed by atoms with Crippen LogP contribution in [0, 0.1) is 5.41 Å². The Kier molecular flexibility index (Phi) is 6.67. The highest BCUT2D eigenvalue weighted by atomic mass is 16.2. The second-order valence-corrected chi connectivity index (χ2v) is 11.5. The first-order chi connectivity index (χ1) is 15.2. The molecule has 5 nitrogen and oxygen atoms in total. The topological polar surface area (TPSA) is 52.7 Å². The Morgan fingerprint density at radius 1 is 1.19 bits per heavy atom. The van der Waals surface area contributed by atoms with Crippen LogP contribution >= 0.6 is 0 Å². The molecule has 0 aromatic heterocycles. The van der Waals surface area contributed by atoms with Crippen LogP contribution in [-0.2, 0) is 15.0 Å². The number of nitrogens with zero attached hydrogens (tertiary/aromatic N) is 2. The molecule has 2 fully saturated rings. The van der Waals surface area contributed by atoms with Gasteiger partial charge in [-0.25, -0.2) is 0 Å². The number of rotatable bonds is 5. The van der Waals surface area contributed by atoms with Gasteiger partial charge in [-0.2, -0.15) is 0 Å². The molecule has 32 heavy (non-hydrogen) atoms. The van der Waals surface area contributed by atoms with Crippen LogP contribution in [0.15, 0.2) is 24.3 Å². The lowest BCUT2D eigenvalue weighted by atomic mass is 9.63. The van der Waals surface area contributed by atoms with Crippen molar-refractivity contribution in [2.24, 2.45) is 5.41 Å². The van der Waals surface area contributed by atoms with E-state index < -0.39 is 0 Å². The van der Waals surface area contributed by atoms with Crippen molar-refractivity contribution in [1.29, 1.82) is 0 Å². The van der Waals surface area contributed by atoms with Gasteiger partial charge >= 0.3 is 0 Å². The number of nitrogens with one attached hydrogen (secondary N) is 1. The van der Waals surface area contributed by atoms with E-state index >= 15 is 0 Å². The summed E-state index contributed by atoms with van der Waals surface area (Å²) in [6.07, 6.45) is 7.17. The van der Waals surface area contributed by atoms with Gasteiger partial charge in [0.25, 0.3) is 0 Å². The van der Waals surface area contributed by atoms with Crippen LogP contribution in [0.25, 0.3) is 0 Å². The predicted molar refractivity (Wildman–Crippen MR) is 131 cm³/mol. The molecule has 2 amide bonds. The summed E-state index contributed by atoms with van der Waals surface area (Å²) in [5.41, 5.74) is 3.36. The molecule has 2 atom stereocenters. The van der Waals surface area contributed by atoms with Crippen LogP contribution < -0.4 is 5.32 Å². The van der Waals surface area contributed by atoms with Crippen molar-refractivity contribution in [1.82, 2.24) is 15.1 Å². The summed E-state index contributed by atoms with van der Waals surface area (Å²) in [5.74, 6) is 0.0851. The second kappa shape index (κ2) is 9.17. The first-order valence-electron chi connectivity index (χ1n) is 12.6. The molecule has 1 aliphatic carbocycles. The summed E-state index contributed by atoms with van der Waals surface area (Å²) >= 11 is 0. The zero-order valence-corrected chi connectivity index (χ0v) is 20.5. The maximum atomic E-state index is 13.0. The van der Waals surface area contributed by atoms with Crippen LogP contribution in [0.5, 0.6) is 0 Å². The Labute approximate surface area is 195 Å². The van der Waals surface area contributed by atoms with E-state index in [1.54, 1.807) is 4.90 Å². The lowest BCUT2D eigenvalue weighted by Crippen LogP contribution is -2.49. The number of hydrogen-bond donors (Lipinski definition) is 1. The normalized spacial score (nSPS) is 24.4. The summed E-state index contributed by atoms with van der Waals surface area (Å²) in [4.78, 5) is 29.5. The van der Waals surface area contributed by atoms with Crippen LogP contribution in [0.3, 0.4) is 0 Å². The van der Waals surface area contributed by atoms with Crippen molar-refractivity contribution in [3.63, 3.8) is 0 Å². The second-order valence-electron chi connectivity index (χ2n) is 11.5. The Balaban J connectivity index is 0.00000306. The number of piperidine rings is 1. The van der Waals surface area contributed by atoms with E-state index in [4.69, 9.17) is 0 Å². The largest absolute Gasteiger partial charge is 0.348 e.